The fraction of sp³-hybridized carbons (Fsp3) is 0.250. The smallest absolute Gasteiger partial charge is 0.130 e. The summed E-state index contributed by atoms with van der Waals surface area (Å²) in [5.41, 5.74) is 8.15. The third-order valence-electron chi connectivity index (χ3n) is 2.99. The van der Waals surface area contributed by atoms with Crippen molar-refractivity contribution >= 4 is 0 Å². The molecule has 0 unspecified atom stereocenters. The van der Waals surface area contributed by atoms with E-state index in [1.807, 2.05) is 49.4 Å². The number of para-hydroxylation sites is 1. The van der Waals surface area contributed by atoms with Gasteiger partial charge in [-0.25, -0.2) is 0 Å². The van der Waals surface area contributed by atoms with Gasteiger partial charge in [0.2, 0.25) is 0 Å². The van der Waals surface area contributed by atoms with Crippen molar-refractivity contribution in [3.8, 4) is 11.5 Å². The Morgan fingerprint density at radius 2 is 1.72 bits per heavy atom. The van der Waals surface area contributed by atoms with E-state index in [4.69, 9.17) is 10.5 Å². The Morgan fingerprint density at radius 1 is 1.06 bits per heavy atom. The summed E-state index contributed by atoms with van der Waals surface area (Å²) in [5.74, 6) is 1.77. The van der Waals surface area contributed by atoms with E-state index in [0.29, 0.717) is 0 Å². The first kappa shape index (κ1) is 12.7. The maximum Gasteiger partial charge on any atom is 0.130 e. The zero-order valence-electron chi connectivity index (χ0n) is 10.9. The lowest BCUT2D eigenvalue weighted by Crippen LogP contribution is -2.04. The molecule has 0 saturated heterocycles. The molecule has 1 atom stereocenters. The highest BCUT2D eigenvalue weighted by atomic mass is 16.5. The van der Waals surface area contributed by atoms with Crippen LogP contribution in [0.25, 0.3) is 0 Å². The number of benzene rings is 2. The Kier molecular flexibility index (Phi) is 4.00. The summed E-state index contributed by atoms with van der Waals surface area (Å²) in [4.78, 5) is 0. The molecule has 0 aliphatic heterocycles. The quantitative estimate of drug-likeness (QED) is 0.876. The highest BCUT2D eigenvalue weighted by Gasteiger charge is 2.03. The second-order valence-electron chi connectivity index (χ2n) is 4.42. The van der Waals surface area contributed by atoms with Gasteiger partial charge in [-0.1, -0.05) is 37.3 Å². The van der Waals surface area contributed by atoms with Crippen molar-refractivity contribution in [3.63, 3.8) is 0 Å². The Morgan fingerprint density at radius 3 is 2.33 bits per heavy atom. The fourth-order valence-corrected chi connectivity index (χ4v) is 1.86. The number of aryl methyl sites for hydroxylation is 1. The van der Waals surface area contributed by atoms with E-state index in [1.165, 1.54) is 5.56 Å². The Bertz CT molecular complexity index is 503. The van der Waals surface area contributed by atoms with E-state index < -0.39 is 0 Å². The first-order valence-corrected chi connectivity index (χ1v) is 6.32. The maximum atomic E-state index is 5.89. The molecule has 2 rings (SSSR count). The van der Waals surface area contributed by atoms with Crippen molar-refractivity contribution in [2.75, 3.05) is 0 Å². The zero-order valence-corrected chi connectivity index (χ0v) is 10.9. The van der Waals surface area contributed by atoms with Gasteiger partial charge in [-0.15, -0.1) is 0 Å². The molecular weight excluding hydrogens is 222 g/mol. The predicted octanol–water partition coefficient (Wildman–Crippen LogP) is 4.06. The van der Waals surface area contributed by atoms with Gasteiger partial charge in [-0.3, -0.25) is 0 Å². The Balaban J connectivity index is 2.18. The minimum atomic E-state index is 0.0574. The van der Waals surface area contributed by atoms with Crippen molar-refractivity contribution in [3.05, 3.63) is 59.7 Å². The molecular formula is C16H19NO. The molecule has 0 aliphatic rings. The molecule has 0 bridgehead atoms. The van der Waals surface area contributed by atoms with Crippen molar-refractivity contribution in [1.29, 1.82) is 0 Å². The van der Waals surface area contributed by atoms with Gasteiger partial charge < -0.3 is 10.5 Å². The molecule has 0 fully saturated rings. The second-order valence-corrected chi connectivity index (χ2v) is 4.42. The van der Waals surface area contributed by atoms with E-state index in [9.17, 15) is 0 Å². The molecule has 0 radical (unpaired) electrons. The molecule has 0 spiro atoms. The van der Waals surface area contributed by atoms with Gasteiger partial charge in [0.1, 0.15) is 11.5 Å². The van der Waals surface area contributed by atoms with Crippen molar-refractivity contribution in [1.82, 2.24) is 0 Å². The summed E-state index contributed by atoms with van der Waals surface area (Å²) >= 11 is 0. The normalized spacial score (nSPS) is 12.2. The van der Waals surface area contributed by atoms with Gasteiger partial charge in [0, 0.05) is 6.04 Å². The van der Waals surface area contributed by atoms with E-state index >= 15 is 0 Å². The maximum absolute atomic E-state index is 5.89. The van der Waals surface area contributed by atoms with Crippen LogP contribution < -0.4 is 10.5 Å². The highest BCUT2D eigenvalue weighted by molar-refractivity contribution is 5.38. The van der Waals surface area contributed by atoms with E-state index in [0.717, 1.165) is 23.5 Å². The minimum absolute atomic E-state index is 0.0574. The van der Waals surface area contributed by atoms with Crippen LogP contribution >= 0.6 is 0 Å². The third-order valence-corrected chi connectivity index (χ3v) is 2.99. The van der Waals surface area contributed by atoms with Gasteiger partial charge in [0.05, 0.1) is 0 Å². The molecule has 0 amide bonds. The summed E-state index contributed by atoms with van der Waals surface area (Å²) in [6.45, 7) is 4.10. The van der Waals surface area contributed by atoms with Gasteiger partial charge in [-0.2, -0.15) is 0 Å². The van der Waals surface area contributed by atoms with Crippen LogP contribution in [0.4, 0.5) is 0 Å². The number of rotatable bonds is 4. The number of ether oxygens (including phenoxy) is 1. The lowest BCUT2D eigenvalue weighted by atomic mass is 10.1. The van der Waals surface area contributed by atoms with Crippen LogP contribution in [-0.2, 0) is 6.42 Å². The molecule has 18 heavy (non-hydrogen) atoms. The molecule has 2 N–H and O–H groups in total. The Labute approximate surface area is 108 Å². The van der Waals surface area contributed by atoms with Gasteiger partial charge in [0.15, 0.2) is 0 Å². The standard InChI is InChI=1S/C16H19NO/c1-3-13-6-4-5-7-16(13)18-15-10-8-14(9-11-15)12(2)17/h4-12H,3,17H2,1-2H3/t12-/m0/s1. The second kappa shape index (κ2) is 5.69. The van der Waals surface area contributed by atoms with Crippen LogP contribution in [0, 0.1) is 0 Å². The molecule has 2 nitrogen and oxygen atoms in total. The van der Waals surface area contributed by atoms with Crippen molar-refractivity contribution in [2.24, 2.45) is 5.73 Å². The van der Waals surface area contributed by atoms with Gasteiger partial charge in [0.25, 0.3) is 0 Å². The number of hydrogen-bond acceptors (Lipinski definition) is 2. The minimum Gasteiger partial charge on any atom is -0.457 e. The van der Waals surface area contributed by atoms with Crippen LogP contribution in [0.1, 0.15) is 31.0 Å². The molecule has 2 aromatic rings. The lowest BCUT2D eigenvalue weighted by molar-refractivity contribution is 0.476. The van der Waals surface area contributed by atoms with Crippen LogP contribution in [0.2, 0.25) is 0 Å². The van der Waals surface area contributed by atoms with Crippen LogP contribution in [0.3, 0.4) is 0 Å². The molecule has 0 saturated carbocycles. The van der Waals surface area contributed by atoms with Crippen LogP contribution in [0.15, 0.2) is 48.5 Å². The van der Waals surface area contributed by atoms with E-state index in [1.54, 1.807) is 0 Å². The first-order chi connectivity index (χ1) is 8.70. The summed E-state index contributed by atoms with van der Waals surface area (Å²) in [6.07, 6.45) is 0.966. The van der Waals surface area contributed by atoms with E-state index in [-0.39, 0.29) is 6.04 Å². The first-order valence-electron chi connectivity index (χ1n) is 6.32. The highest BCUT2D eigenvalue weighted by Crippen LogP contribution is 2.26. The third kappa shape index (κ3) is 2.90. The molecule has 0 aliphatic carbocycles. The summed E-state index contributed by atoms with van der Waals surface area (Å²) < 4.78 is 5.89. The van der Waals surface area contributed by atoms with Crippen LogP contribution in [0.5, 0.6) is 11.5 Å². The monoisotopic (exact) mass is 241 g/mol. The predicted molar refractivity (Wildman–Crippen MR) is 74.9 cm³/mol. The SMILES string of the molecule is CCc1ccccc1Oc1ccc([C@H](C)N)cc1. The molecule has 2 aromatic carbocycles. The summed E-state index contributed by atoms with van der Waals surface area (Å²) in [7, 11) is 0. The van der Waals surface area contributed by atoms with Gasteiger partial charge in [-0.05, 0) is 42.7 Å². The average molecular weight is 241 g/mol. The molecule has 0 heterocycles. The summed E-state index contributed by atoms with van der Waals surface area (Å²) in [5, 5.41) is 0. The molecule has 0 aromatic heterocycles. The largest absolute Gasteiger partial charge is 0.457 e. The number of nitrogens with two attached hydrogens (primary N) is 1. The average Bonchev–Trinajstić information content (AvgIpc) is 2.40. The van der Waals surface area contributed by atoms with Gasteiger partial charge >= 0.3 is 0 Å². The summed E-state index contributed by atoms with van der Waals surface area (Å²) in [6, 6.07) is 16.1. The van der Waals surface area contributed by atoms with E-state index in [2.05, 4.69) is 13.0 Å². The number of hydrogen-bond donors (Lipinski definition) is 1. The fourth-order valence-electron chi connectivity index (χ4n) is 1.86. The van der Waals surface area contributed by atoms with Crippen molar-refractivity contribution in [2.45, 2.75) is 26.3 Å². The Hall–Kier alpha value is -1.80. The van der Waals surface area contributed by atoms with Crippen molar-refractivity contribution < 1.29 is 4.74 Å². The zero-order chi connectivity index (χ0) is 13.0. The topological polar surface area (TPSA) is 35.2 Å². The van der Waals surface area contributed by atoms with Crippen LogP contribution in [-0.4, -0.2) is 0 Å². The lowest BCUT2D eigenvalue weighted by Gasteiger charge is -2.11. The molecule has 94 valence electrons. The molecule has 2 heteroatoms.